The van der Waals surface area contributed by atoms with E-state index in [9.17, 15) is 9.59 Å². The van der Waals surface area contributed by atoms with Crippen molar-refractivity contribution < 1.29 is 9.59 Å². The van der Waals surface area contributed by atoms with E-state index in [1.807, 2.05) is 32.0 Å². The largest absolute Gasteiger partial charge is 0.350 e. The van der Waals surface area contributed by atoms with Crippen LogP contribution in [0, 0.1) is 0 Å². The Morgan fingerprint density at radius 2 is 2.15 bits per heavy atom. The number of carbonyl (C=O) groups excluding carboxylic acids is 2. The van der Waals surface area contributed by atoms with Crippen LogP contribution >= 0.6 is 11.6 Å². The number of likely N-dealkylation sites (tertiary alicyclic amines) is 1. The minimum atomic E-state index is -0.356. The van der Waals surface area contributed by atoms with Gasteiger partial charge in [0.15, 0.2) is 0 Å². The molecular weight excluding hydrogens is 276 g/mol. The van der Waals surface area contributed by atoms with Gasteiger partial charge in [-0.15, -0.1) is 0 Å². The summed E-state index contributed by atoms with van der Waals surface area (Å²) in [6.45, 7) is 4.24. The maximum atomic E-state index is 12.2. The van der Waals surface area contributed by atoms with E-state index in [0.29, 0.717) is 24.4 Å². The van der Waals surface area contributed by atoms with Gasteiger partial charge in [-0.3, -0.25) is 9.59 Å². The van der Waals surface area contributed by atoms with Crippen LogP contribution < -0.4 is 5.32 Å². The summed E-state index contributed by atoms with van der Waals surface area (Å²) in [5, 5.41) is 3.51. The summed E-state index contributed by atoms with van der Waals surface area (Å²) >= 11 is 6.05. The minimum Gasteiger partial charge on any atom is -0.350 e. The van der Waals surface area contributed by atoms with Gasteiger partial charge in [-0.25, -0.2) is 0 Å². The monoisotopic (exact) mass is 294 g/mol. The number of halogens is 1. The fourth-order valence-corrected chi connectivity index (χ4v) is 2.75. The molecule has 1 aromatic carbocycles. The van der Waals surface area contributed by atoms with Gasteiger partial charge in [0.05, 0.1) is 0 Å². The summed E-state index contributed by atoms with van der Waals surface area (Å²) in [4.78, 5) is 25.7. The summed E-state index contributed by atoms with van der Waals surface area (Å²) in [6, 6.07) is 7.09. The molecule has 0 bridgehead atoms. The lowest BCUT2D eigenvalue weighted by molar-refractivity contribution is -0.137. The van der Waals surface area contributed by atoms with Crippen LogP contribution in [0.3, 0.4) is 0 Å². The molecular formula is C15H19ClN2O2. The van der Waals surface area contributed by atoms with Gasteiger partial charge in [-0.2, -0.15) is 0 Å². The molecule has 1 aliphatic rings. The third kappa shape index (κ3) is 3.12. The average Bonchev–Trinajstić information content (AvgIpc) is 2.79. The van der Waals surface area contributed by atoms with E-state index in [2.05, 4.69) is 5.32 Å². The maximum Gasteiger partial charge on any atom is 0.243 e. The Bertz CT molecular complexity index is 516. The molecule has 1 fully saturated rings. The highest BCUT2D eigenvalue weighted by molar-refractivity contribution is 6.31. The molecule has 1 aromatic rings. The van der Waals surface area contributed by atoms with Gasteiger partial charge < -0.3 is 10.2 Å². The first-order chi connectivity index (χ1) is 9.50. The number of rotatable bonds is 4. The van der Waals surface area contributed by atoms with Crippen molar-refractivity contribution in [2.75, 3.05) is 0 Å². The van der Waals surface area contributed by atoms with E-state index in [-0.39, 0.29) is 23.9 Å². The standard InChI is InChI=1S/C15H19ClN2O2/c1-10(2)18-13(7-8-14(18)19)15(20)17-9-11-5-3-4-6-12(11)16/h3-6,10,13H,7-9H2,1-2H3,(H,17,20)/t13-/m0/s1. The van der Waals surface area contributed by atoms with E-state index in [1.54, 1.807) is 11.0 Å². The van der Waals surface area contributed by atoms with Gasteiger partial charge in [0.1, 0.15) is 6.04 Å². The summed E-state index contributed by atoms with van der Waals surface area (Å²) in [7, 11) is 0. The third-order valence-electron chi connectivity index (χ3n) is 3.53. The van der Waals surface area contributed by atoms with Gasteiger partial charge in [0.2, 0.25) is 11.8 Å². The Hall–Kier alpha value is -1.55. The van der Waals surface area contributed by atoms with E-state index >= 15 is 0 Å². The highest BCUT2D eigenvalue weighted by Gasteiger charge is 2.37. The maximum absolute atomic E-state index is 12.2. The van der Waals surface area contributed by atoms with Crippen molar-refractivity contribution >= 4 is 23.4 Å². The molecule has 1 aliphatic heterocycles. The summed E-state index contributed by atoms with van der Waals surface area (Å²) in [6.07, 6.45) is 1.04. The number of hydrogen-bond donors (Lipinski definition) is 1. The molecule has 1 N–H and O–H groups in total. The number of benzene rings is 1. The summed E-state index contributed by atoms with van der Waals surface area (Å²) in [5.41, 5.74) is 0.878. The lowest BCUT2D eigenvalue weighted by atomic mass is 10.1. The summed E-state index contributed by atoms with van der Waals surface area (Å²) < 4.78 is 0. The lowest BCUT2D eigenvalue weighted by Crippen LogP contribution is -2.47. The van der Waals surface area contributed by atoms with Crippen LogP contribution in [0.1, 0.15) is 32.3 Å². The predicted octanol–water partition coefficient (Wildman–Crippen LogP) is 2.36. The van der Waals surface area contributed by atoms with Crippen molar-refractivity contribution in [2.45, 2.75) is 45.3 Å². The fraction of sp³-hybridized carbons (Fsp3) is 0.467. The highest BCUT2D eigenvalue weighted by atomic mass is 35.5. The van der Waals surface area contributed by atoms with Crippen LogP contribution in [0.25, 0.3) is 0 Å². The molecule has 0 aliphatic carbocycles. The Balaban J connectivity index is 1.99. The van der Waals surface area contributed by atoms with Gasteiger partial charge in [0, 0.05) is 24.0 Å². The molecule has 4 nitrogen and oxygen atoms in total. The second kappa shape index (κ2) is 6.27. The van der Waals surface area contributed by atoms with Crippen LogP contribution in [-0.4, -0.2) is 28.8 Å². The van der Waals surface area contributed by atoms with Crippen molar-refractivity contribution in [3.05, 3.63) is 34.9 Å². The normalized spacial score (nSPS) is 18.7. The molecule has 0 saturated carbocycles. The molecule has 108 valence electrons. The van der Waals surface area contributed by atoms with Crippen molar-refractivity contribution in [1.82, 2.24) is 10.2 Å². The van der Waals surface area contributed by atoms with Crippen LogP contribution in [-0.2, 0) is 16.1 Å². The van der Waals surface area contributed by atoms with E-state index in [1.165, 1.54) is 0 Å². The molecule has 2 rings (SSSR count). The van der Waals surface area contributed by atoms with Gasteiger partial charge in [-0.1, -0.05) is 29.8 Å². The third-order valence-corrected chi connectivity index (χ3v) is 3.89. The van der Waals surface area contributed by atoms with Crippen LogP contribution in [0.15, 0.2) is 24.3 Å². The van der Waals surface area contributed by atoms with Crippen molar-refractivity contribution in [3.8, 4) is 0 Å². The second-order valence-corrected chi connectivity index (χ2v) is 5.67. The molecule has 1 saturated heterocycles. The smallest absolute Gasteiger partial charge is 0.243 e. The molecule has 0 unspecified atom stereocenters. The topological polar surface area (TPSA) is 49.4 Å². The van der Waals surface area contributed by atoms with Crippen LogP contribution in [0.4, 0.5) is 0 Å². The Labute approximate surface area is 124 Å². The molecule has 1 heterocycles. The Morgan fingerprint density at radius 3 is 2.80 bits per heavy atom. The van der Waals surface area contributed by atoms with Crippen LogP contribution in [0.2, 0.25) is 5.02 Å². The number of amides is 2. The Kier molecular flexibility index (Phi) is 4.65. The Morgan fingerprint density at radius 1 is 1.45 bits per heavy atom. The van der Waals surface area contributed by atoms with Crippen molar-refractivity contribution in [3.63, 3.8) is 0 Å². The molecule has 2 amide bonds. The van der Waals surface area contributed by atoms with Crippen molar-refractivity contribution in [1.29, 1.82) is 0 Å². The first-order valence-electron chi connectivity index (χ1n) is 6.83. The molecule has 0 radical (unpaired) electrons. The van der Waals surface area contributed by atoms with Crippen molar-refractivity contribution in [2.24, 2.45) is 0 Å². The first kappa shape index (κ1) is 14.9. The minimum absolute atomic E-state index is 0.0427. The van der Waals surface area contributed by atoms with E-state index in [0.717, 1.165) is 5.56 Å². The number of hydrogen-bond acceptors (Lipinski definition) is 2. The zero-order valence-electron chi connectivity index (χ0n) is 11.7. The van der Waals surface area contributed by atoms with E-state index < -0.39 is 0 Å². The van der Waals surface area contributed by atoms with Gasteiger partial charge in [-0.05, 0) is 31.9 Å². The van der Waals surface area contributed by atoms with Crippen LogP contribution in [0.5, 0.6) is 0 Å². The zero-order valence-corrected chi connectivity index (χ0v) is 12.5. The molecule has 5 heteroatoms. The summed E-state index contributed by atoms with van der Waals surface area (Å²) in [5.74, 6) is -0.0534. The molecule has 1 atom stereocenters. The number of nitrogens with zero attached hydrogens (tertiary/aromatic N) is 1. The quantitative estimate of drug-likeness (QED) is 0.927. The highest BCUT2D eigenvalue weighted by Crippen LogP contribution is 2.22. The first-order valence-corrected chi connectivity index (χ1v) is 7.20. The molecule has 0 spiro atoms. The SMILES string of the molecule is CC(C)N1C(=O)CC[C@H]1C(=O)NCc1ccccc1Cl. The number of carbonyl (C=O) groups is 2. The molecule has 20 heavy (non-hydrogen) atoms. The molecule has 0 aromatic heterocycles. The fourth-order valence-electron chi connectivity index (χ4n) is 2.55. The lowest BCUT2D eigenvalue weighted by Gasteiger charge is -2.27. The average molecular weight is 295 g/mol. The van der Waals surface area contributed by atoms with Gasteiger partial charge in [0.25, 0.3) is 0 Å². The second-order valence-electron chi connectivity index (χ2n) is 5.26. The van der Waals surface area contributed by atoms with E-state index in [4.69, 9.17) is 11.6 Å². The number of nitrogens with one attached hydrogen (secondary N) is 1. The van der Waals surface area contributed by atoms with Gasteiger partial charge >= 0.3 is 0 Å². The zero-order chi connectivity index (χ0) is 14.7. The predicted molar refractivity (Wildman–Crippen MR) is 78.3 cm³/mol.